The molecule has 2 aromatic carbocycles. The van der Waals surface area contributed by atoms with Gasteiger partial charge in [-0.15, -0.1) is 0 Å². The third kappa shape index (κ3) is 2.87. The number of sulfone groups is 2. The highest BCUT2D eigenvalue weighted by Gasteiger charge is 2.39. The Labute approximate surface area is 160 Å². The number of esters is 1. The van der Waals surface area contributed by atoms with Crippen molar-refractivity contribution in [3.8, 4) is 0 Å². The average molecular weight is 459 g/mol. The second-order valence-electron chi connectivity index (χ2n) is 5.78. The molecule has 2 aromatic rings. The zero-order valence-electron chi connectivity index (χ0n) is 13.9. The third-order valence-corrected chi connectivity index (χ3v) is 8.63. The lowest BCUT2D eigenvalue weighted by molar-refractivity contribution is -0.144. The minimum absolute atomic E-state index is 0.197. The van der Waals surface area contributed by atoms with Gasteiger partial charge < -0.3 is 4.74 Å². The van der Waals surface area contributed by atoms with Crippen LogP contribution in [0.2, 0.25) is 0 Å². The molecule has 1 aliphatic heterocycles. The number of carbonyl (C=O) groups excluding carboxylic acids is 1. The van der Waals surface area contributed by atoms with E-state index in [0.717, 1.165) is 0 Å². The minimum atomic E-state index is -4.05. The monoisotopic (exact) mass is 458 g/mol. The van der Waals surface area contributed by atoms with Crippen molar-refractivity contribution < 1.29 is 26.4 Å². The van der Waals surface area contributed by atoms with Crippen LogP contribution in [-0.4, -0.2) is 29.4 Å². The van der Waals surface area contributed by atoms with Crippen molar-refractivity contribution in [2.24, 2.45) is 0 Å². The molecule has 1 unspecified atom stereocenters. The van der Waals surface area contributed by atoms with Crippen LogP contribution in [0.3, 0.4) is 0 Å². The second kappa shape index (κ2) is 6.47. The molecule has 0 bridgehead atoms. The first-order valence-corrected chi connectivity index (χ1v) is 11.5. The summed E-state index contributed by atoms with van der Waals surface area (Å²) < 4.78 is 57.1. The number of ether oxygens (including phenoxy) is 1. The summed E-state index contributed by atoms with van der Waals surface area (Å²) in [6.45, 7) is 3.44. The number of hydrogen-bond donors (Lipinski definition) is 0. The summed E-state index contributed by atoms with van der Waals surface area (Å²) in [7, 11) is -8.03. The van der Waals surface area contributed by atoms with Crippen LogP contribution in [0.5, 0.6) is 0 Å². The van der Waals surface area contributed by atoms with Crippen LogP contribution in [0.4, 0.5) is 0 Å². The Morgan fingerprint density at radius 3 is 2.12 bits per heavy atom. The van der Waals surface area contributed by atoms with Crippen LogP contribution in [0.25, 0.3) is 0 Å². The van der Waals surface area contributed by atoms with E-state index < -0.39 is 31.6 Å². The van der Waals surface area contributed by atoms with Crippen molar-refractivity contribution in [3.63, 3.8) is 0 Å². The lowest BCUT2D eigenvalue weighted by Gasteiger charge is -2.21. The summed E-state index contributed by atoms with van der Waals surface area (Å²) in [5, 5.41) is 0. The van der Waals surface area contributed by atoms with Crippen molar-refractivity contribution in [3.05, 3.63) is 46.4 Å². The first kappa shape index (κ1) is 19.1. The summed E-state index contributed by atoms with van der Waals surface area (Å²) >= 11 is 3.17. The van der Waals surface area contributed by atoms with Crippen LogP contribution >= 0.6 is 15.9 Å². The molecule has 9 heteroatoms. The van der Waals surface area contributed by atoms with Gasteiger partial charge in [0.15, 0.2) is 0 Å². The van der Waals surface area contributed by atoms with Crippen LogP contribution in [0, 0.1) is 0 Å². The lowest BCUT2D eigenvalue weighted by atomic mass is 10.0. The zero-order valence-corrected chi connectivity index (χ0v) is 17.1. The van der Waals surface area contributed by atoms with Crippen LogP contribution in [-0.2, 0) is 29.2 Å². The van der Waals surface area contributed by atoms with E-state index in [0.29, 0.717) is 10.0 Å². The molecule has 0 saturated carbocycles. The molecular formula is C17H15BrO6S2. The normalized spacial score (nSPS) is 17.7. The highest BCUT2D eigenvalue weighted by molar-refractivity contribution is 9.10. The van der Waals surface area contributed by atoms with E-state index in [1.165, 1.54) is 36.4 Å². The summed E-state index contributed by atoms with van der Waals surface area (Å²) in [5.41, 5.74) is 0.374. The Bertz CT molecular complexity index is 1120. The van der Waals surface area contributed by atoms with Gasteiger partial charge in [-0.3, -0.25) is 4.79 Å². The SMILES string of the molecule is CCOC(=O)C(C)c1ccc2c(c1)S(=O)(=O)c1cc(Br)ccc1S2(=O)=O. The van der Waals surface area contributed by atoms with Crippen molar-refractivity contribution >= 4 is 41.6 Å². The molecule has 1 heterocycles. The number of halogens is 1. The summed E-state index contributed by atoms with van der Waals surface area (Å²) in [6, 6.07) is 7.94. The van der Waals surface area contributed by atoms with Gasteiger partial charge in [0, 0.05) is 4.47 Å². The van der Waals surface area contributed by atoms with Crippen molar-refractivity contribution in [1.29, 1.82) is 0 Å². The molecule has 0 amide bonds. The van der Waals surface area contributed by atoms with Crippen LogP contribution in [0.1, 0.15) is 25.3 Å². The zero-order chi connectivity index (χ0) is 19.3. The molecule has 6 nitrogen and oxygen atoms in total. The van der Waals surface area contributed by atoms with Crippen LogP contribution in [0.15, 0.2) is 60.5 Å². The number of benzene rings is 2. The maximum Gasteiger partial charge on any atom is 0.313 e. The fourth-order valence-electron chi connectivity index (χ4n) is 2.78. The fraction of sp³-hybridized carbons (Fsp3) is 0.235. The van der Waals surface area contributed by atoms with Gasteiger partial charge in [-0.25, -0.2) is 16.8 Å². The van der Waals surface area contributed by atoms with Gasteiger partial charge in [-0.05, 0) is 49.7 Å². The third-order valence-electron chi connectivity index (χ3n) is 4.17. The van der Waals surface area contributed by atoms with E-state index >= 15 is 0 Å². The molecule has 0 radical (unpaired) electrons. The highest BCUT2D eigenvalue weighted by atomic mass is 79.9. The van der Waals surface area contributed by atoms with E-state index in [9.17, 15) is 21.6 Å². The summed E-state index contributed by atoms with van der Waals surface area (Å²) in [5.74, 6) is -1.23. The standard InChI is InChI=1S/C17H15BrO6S2/c1-3-24-17(19)10(2)11-4-6-13-15(8-11)26(22,23)16-9-12(18)5-7-14(16)25(13,20)21/h4-10H,3H2,1-2H3. The van der Waals surface area contributed by atoms with Crippen molar-refractivity contribution in [2.75, 3.05) is 6.61 Å². The second-order valence-corrected chi connectivity index (χ2v) is 10.5. The number of rotatable bonds is 3. The van der Waals surface area contributed by atoms with Crippen LogP contribution < -0.4 is 0 Å². The molecule has 3 rings (SSSR count). The van der Waals surface area contributed by atoms with Gasteiger partial charge in [0.05, 0.1) is 32.1 Å². The Balaban J connectivity index is 2.25. The van der Waals surface area contributed by atoms with E-state index in [1.54, 1.807) is 13.8 Å². The maximum absolute atomic E-state index is 13.0. The molecule has 0 spiro atoms. The van der Waals surface area contributed by atoms with Gasteiger partial charge in [-0.2, -0.15) is 0 Å². The largest absolute Gasteiger partial charge is 0.466 e. The fourth-order valence-corrected chi connectivity index (χ4v) is 7.46. The predicted octanol–water partition coefficient (Wildman–Crippen LogP) is 3.09. The predicted molar refractivity (Wildman–Crippen MR) is 96.5 cm³/mol. The number of fused-ring (bicyclic) bond motifs is 2. The number of hydrogen-bond acceptors (Lipinski definition) is 6. The highest BCUT2D eigenvalue weighted by Crippen LogP contribution is 2.42. The van der Waals surface area contributed by atoms with Gasteiger partial charge in [-0.1, -0.05) is 22.0 Å². The van der Waals surface area contributed by atoms with E-state index in [2.05, 4.69) is 15.9 Å². The topological polar surface area (TPSA) is 94.6 Å². The van der Waals surface area contributed by atoms with Crippen molar-refractivity contribution in [1.82, 2.24) is 0 Å². The Hall–Kier alpha value is -1.71. The summed E-state index contributed by atoms with van der Waals surface area (Å²) in [6.07, 6.45) is 0. The van der Waals surface area contributed by atoms with Gasteiger partial charge in [0.25, 0.3) is 0 Å². The molecule has 1 aliphatic rings. The van der Waals surface area contributed by atoms with E-state index in [4.69, 9.17) is 4.74 Å². The lowest BCUT2D eigenvalue weighted by Crippen LogP contribution is -2.21. The molecule has 0 N–H and O–H groups in total. The molecule has 26 heavy (non-hydrogen) atoms. The Morgan fingerprint density at radius 1 is 0.962 bits per heavy atom. The molecule has 0 fully saturated rings. The van der Waals surface area contributed by atoms with Gasteiger partial charge in [0.2, 0.25) is 19.7 Å². The molecular weight excluding hydrogens is 444 g/mol. The molecule has 0 aromatic heterocycles. The molecule has 0 aliphatic carbocycles. The molecule has 0 saturated heterocycles. The molecule has 1 atom stereocenters. The molecule has 138 valence electrons. The number of carbonyl (C=O) groups is 1. The Morgan fingerprint density at radius 2 is 1.50 bits per heavy atom. The van der Waals surface area contributed by atoms with E-state index in [-0.39, 0.29) is 26.2 Å². The van der Waals surface area contributed by atoms with Crippen molar-refractivity contribution in [2.45, 2.75) is 39.3 Å². The van der Waals surface area contributed by atoms with Gasteiger partial charge >= 0.3 is 5.97 Å². The van der Waals surface area contributed by atoms with E-state index in [1.807, 2.05) is 0 Å². The quantitative estimate of drug-likeness (QED) is 0.559. The van der Waals surface area contributed by atoms with Gasteiger partial charge in [0.1, 0.15) is 0 Å². The smallest absolute Gasteiger partial charge is 0.313 e. The first-order chi connectivity index (χ1) is 12.1. The maximum atomic E-state index is 13.0. The first-order valence-electron chi connectivity index (χ1n) is 7.71. The summed E-state index contributed by atoms with van der Waals surface area (Å²) in [4.78, 5) is 10.8. The minimum Gasteiger partial charge on any atom is -0.466 e. The average Bonchev–Trinajstić information content (AvgIpc) is 2.59. The Kier molecular flexibility index (Phi) is 4.74.